The maximum absolute atomic E-state index is 14.0. The van der Waals surface area contributed by atoms with Gasteiger partial charge in [-0.25, -0.2) is 8.78 Å². The first-order valence-corrected chi connectivity index (χ1v) is 8.33. The minimum absolute atomic E-state index is 0.0105. The van der Waals surface area contributed by atoms with E-state index < -0.39 is 35.1 Å². The standard InChI is InChI=1S/C19H15ClF2N2O3/c1-8(18(23)26)17-9(2)24(15-7-14(22)16(25)6-11(15)17)19(27)10-3-4-12(20)13(21)5-10/h3-8,25H,1-2H3,(H2,23,26)/t8-/m1/s1. The molecule has 5 nitrogen and oxygen atoms in total. The summed E-state index contributed by atoms with van der Waals surface area (Å²) in [4.78, 5) is 24.7. The Bertz CT molecular complexity index is 1110. The molecule has 3 aromatic rings. The van der Waals surface area contributed by atoms with Crippen LogP contribution < -0.4 is 5.73 Å². The first kappa shape index (κ1) is 18.8. The van der Waals surface area contributed by atoms with Gasteiger partial charge in [-0.2, -0.15) is 0 Å². The number of aromatic hydroxyl groups is 1. The van der Waals surface area contributed by atoms with Gasteiger partial charge >= 0.3 is 0 Å². The minimum atomic E-state index is -0.936. The Morgan fingerprint density at radius 3 is 2.44 bits per heavy atom. The van der Waals surface area contributed by atoms with Gasteiger partial charge in [-0.3, -0.25) is 14.2 Å². The number of fused-ring (bicyclic) bond motifs is 1. The predicted molar refractivity (Wildman–Crippen MR) is 97.0 cm³/mol. The molecule has 1 aromatic heterocycles. The number of halogens is 3. The maximum atomic E-state index is 14.0. The molecule has 0 aliphatic carbocycles. The molecule has 0 spiro atoms. The molecule has 140 valence electrons. The van der Waals surface area contributed by atoms with Crippen LogP contribution in [-0.4, -0.2) is 21.5 Å². The molecule has 0 aliphatic heterocycles. The van der Waals surface area contributed by atoms with E-state index in [0.29, 0.717) is 16.6 Å². The fourth-order valence-electron chi connectivity index (χ4n) is 3.16. The van der Waals surface area contributed by atoms with Crippen LogP contribution in [-0.2, 0) is 4.79 Å². The zero-order chi connectivity index (χ0) is 20.0. The topological polar surface area (TPSA) is 85.3 Å². The highest BCUT2D eigenvalue weighted by molar-refractivity contribution is 6.30. The van der Waals surface area contributed by atoms with Gasteiger partial charge in [0.1, 0.15) is 5.82 Å². The number of carbonyl (C=O) groups excluding carboxylic acids is 2. The molecule has 27 heavy (non-hydrogen) atoms. The van der Waals surface area contributed by atoms with Crippen LogP contribution >= 0.6 is 11.6 Å². The fourth-order valence-corrected chi connectivity index (χ4v) is 3.27. The van der Waals surface area contributed by atoms with Crippen LogP contribution in [0.5, 0.6) is 5.75 Å². The largest absolute Gasteiger partial charge is 0.505 e. The van der Waals surface area contributed by atoms with Crippen molar-refractivity contribution >= 4 is 34.3 Å². The molecular weight excluding hydrogens is 378 g/mol. The third-order valence-electron chi connectivity index (χ3n) is 4.55. The molecule has 3 rings (SSSR count). The van der Waals surface area contributed by atoms with Crippen molar-refractivity contribution < 1.29 is 23.5 Å². The molecule has 0 aliphatic rings. The summed E-state index contributed by atoms with van der Waals surface area (Å²) in [6, 6.07) is 5.68. The van der Waals surface area contributed by atoms with Crippen molar-refractivity contribution in [2.45, 2.75) is 19.8 Å². The highest BCUT2D eigenvalue weighted by Gasteiger charge is 2.27. The van der Waals surface area contributed by atoms with Crippen LogP contribution in [0.25, 0.3) is 10.9 Å². The van der Waals surface area contributed by atoms with E-state index in [1.807, 2.05) is 0 Å². The predicted octanol–water partition coefficient (Wildman–Crippen LogP) is 3.86. The Balaban J connectivity index is 2.33. The average molecular weight is 393 g/mol. The minimum Gasteiger partial charge on any atom is -0.505 e. The Kier molecular flexibility index (Phi) is 4.65. The van der Waals surface area contributed by atoms with Crippen molar-refractivity contribution in [2.24, 2.45) is 5.73 Å². The monoisotopic (exact) mass is 392 g/mol. The molecule has 8 heteroatoms. The molecule has 0 bridgehead atoms. The van der Waals surface area contributed by atoms with Gasteiger partial charge in [0.15, 0.2) is 11.6 Å². The lowest BCUT2D eigenvalue weighted by molar-refractivity contribution is -0.119. The zero-order valence-electron chi connectivity index (χ0n) is 14.4. The van der Waals surface area contributed by atoms with E-state index in [2.05, 4.69) is 0 Å². The smallest absolute Gasteiger partial charge is 0.262 e. The number of hydrogen-bond donors (Lipinski definition) is 2. The first-order valence-electron chi connectivity index (χ1n) is 7.96. The third kappa shape index (κ3) is 3.04. The number of phenols is 1. The first-order chi connectivity index (χ1) is 12.6. The number of rotatable bonds is 3. The Morgan fingerprint density at radius 1 is 1.19 bits per heavy atom. The summed E-state index contributed by atoms with van der Waals surface area (Å²) >= 11 is 5.65. The van der Waals surface area contributed by atoms with E-state index in [9.17, 15) is 23.5 Å². The van der Waals surface area contributed by atoms with Gasteiger partial charge in [0, 0.05) is 22.7 Å². The molecule has 1 heterocycles. The molecule has 3 N–H and O–H groups in total. The lowest BCUT2D eigenvalue weighted by Crippen LogP contribution is -2.20. The van der Waals surface area contributed by atoms with Crippen molar-refractivity contribution in [1.29, 1.82) is 0 Å². The zero-order valence-corrected chi connectivity index (χ0v) is 15.1. The summed E-state index contributed by atoms with van der Waals surface area (Å²) in [6.45, 7) is 3.11. The number of carbonyl (C=O) groups is 2. The quantitative estimate of drug-likeness (QED) is 0.709. The van der Waals surface area contributed by atoms with Crippen LogP contribution in [0.3, 0.4) is 0 Å². The van der Waals surface area contributed by atoms with Crippen LogP contribution in [0, 0.1) is 18.6 Å². The fraction of sp³-hybridized carbons (Fsp3) is 0.158. The Morgan fingerprint density at radius 2 is 1.85 bits per heavy atom. The number of primary amides is 1. The van der Waals surface area contributed by atoms with Crippen molar-refractivity contribution in [1.82, 2.24) is 4.57 Å². The van der Waals surface area contributed by atoms with Crippen LogP contribution in [0.1, 0.15) is 34.5 Å². The van der Waals surface area contributed by atoms with Gasteiger partial charge in [0.25, 0.3) is 5.91 Å². The van der Waals surface area contributed by atoms with E-state index in [0.717, 1.165) is 22.8 Å². The molecule has 0 saturated carbocycles. The average Bonchev–Trinajstić information content (AvgIpc) is 2.87. The van der Waals surface area contributed by atoms with Gasteiger partial charge in [-0.05, 0) is 43.7 Å². The lowest BCUT2D eigenvalue weighted by Gasteiger charge is -2.10. The molecule has 2 aromatic carbocycles. The lowest BCUT2D eigenvalue weighted by atomic mass is 9.97. The Hall–Kier alpha value is -2.93. The van der Waals surface area contributed by atoms with Crippen LogP contribution in [0.15, 0.2) is 30.3 Å². The van der Waals surface area contributed by atoms with E-state index in [1.165, 1.54) is 12.1 Å². The number of nitrogens with zero attached hydrogens (tertiary/aromatic N) is 1. The highest BCUT2D eigenvalue weighted by Crippen LogP contribution is 2.35. The van der Waals surface area contributed by atoms with Crippen molar-refractivity contribution in [3.63, 3.8) is 0 Å². The highest BCUT2D eigenvalue weighted by atomic mass is 35.5. The molecule has 0 radical (unpaired) electrons. The third-order valence-corrected chi connectivity index (χ3v) is 4.86. The number of phenolic OH excluding ortho intramolecular Hbond substituents is 1. The van der Waals surface area contributed by atoms with E-state index in [-0.39, 0.29) is 16.1 Å². The van der Waals surface area contributed by atoms with E-state index >= 15 is 0 Å². The Labute approximate surface area is 158 Å². The summed E-state index contributed by atoms with van der Waals surface area (Å²) in [7, 11) is 0. The molecule has 0 saturated heterocycles. The second-order valence-corrected chi connectivity index (χ2v) is 6.62. The summed E-state index contributed by atoms with van der Waals surface area (Å²) in [5, 5.41) is 9.90. The van der Waals surface area contributed by atoms with Crippen LogP contribution in [0.4, 0.5) is 8.78 Å². The van der Waals surface area contributed by atoms with E-state index in [1.54, 1.807) is 13.8 Å². The van der Waals surface area contributed by atoms with Crippen molar-refractivity contribution in [2.75, 3.05) is 0 Å². The van der Waals surface area contributed by atoms with Crippen molar-refractivity contribution in [3.8, 4) is 5.75 Å². The van der Waals surface area contributed by atoms with Gasteiger partial charge < -0.3 is 10.8 Å². The molecular formula is C19H15ClF2N2O3. The molecule has 0 unspecified atom stereocenters. The number of amides is 1. The number of hydrogen-bond acceptors (Lipinski definition) is 3. The summed E-state index contributed by atoms with van der Waals surface area (Å²) in [6.07, 6.45) is 0. The summed E-state index contributed by atoms with van der Waals surface area (Å²) < 4.78 is 28.9. The van der Waals surface area contributed by atoms with Gasteiger partial charge in [0.2, 0.25) is 5.91 Å². The molecule has 0 fully saturated rings. The van der Waals surface area contributed by atoms with Crippen LogP contribution in [0.2, 0.25) is 5.02 Å². The number of nitrogens with two attached hydrogens (primary N) is 1. The van der Waals surface area contributed by atoms with E-state index in [4.69, 9.17) is 17.3 Å². The van der Waals surface area contributed by atoms with Gasteiger partial charge in [-0.1, -0.05) is 11.6 Å². The molecule has 1 amide bonds. The summed E-state index contributed by atoms with van der Waals surface area (Å²) in [5.41, 5.74) is 6.23. The number of aromatic nitrogens is 1. The maximum Gasteiger partial charge on any atom is 0.262 e. The summed E-state index contributed by atoms with van der Waals surface area (Å²) in [5.74, 6) is -4.41. The second kappa shape index (κ2) is 6.66. The second-order valence-electron chi connectivity index (χ2n) is 6.21. The normalized spacial score (nSPS) is 12.3. The van der Waals surface area contributed by atoms with Gasteiger partial charge in [0.05, 0.1) is 16.5 Å². The molecule has 1 atom stereocenters. The van der Waals surface area contributed by atoms with Crippen molar-refractivity contribution in [3.05, 3.63) is 63.8 Å². The SMILES string of the molecule is Cc1c([C@@H](C)C(N)=O)c2cc(O)c(F)cc2n1C(=O)c1ccc(Cl)c(F)c1. The van der Waals surface area contributed by atoms with Gasteiger partial charge in [-0.15, -0.1) is 0 Å². The number of benzene rings is 2.